The van der Waals surface area contributed by atoms with Gasteiger partial charge in [-0.05, 0) is 24.6 Å². The van der Waals surface area contributed by atoms with E-state index >= 15 is 0 Å². The van der Waals surface area contributed by atoms with Crippen LogP contribution in [0.15, 0.2) is 30.8 Å². The van der Waals surface area contributed by atoms with E-state index in [0.717, 1.165) is 5.56 Å². The normalized spacial score (nSPS) is 22.6. The summed E-state index contributed by atoms with van der Waals surface area (Å²) in [6, 6.07) is 7.13. The molecule has 1 aliphatic heterocycles. The summed E-state index contributed by atoms with van der Waals surface area (Å²) in [7, 11) is 0. The zero-order chi connectivity index (χ0) is 11.5. The second-order valence-electron chi connectivity index (χ2n) is 3.80. The minimum absolute atomic E-state index is 0.0800. The summed E-state index contributed by atoms with van der Waals surface area (Å²) in [6.45, 7) is 5.94. The predicted octanol–water partition coefficient (Wildman–Crippen LogP) is 2.27. The van der Waals surface area contributed by atoms with Crippen molar-refractivity contribution < 1.29 is 14.3 Å². The maximum atomic E-state index is 11.6. The van der Waals surface area contributed by atoms with Gasteiger partial charge in [0.2, 0.25) is 0 Å². The zero-order valence-electron chi connectivity index (χ0n) is 9.18. The van der Waals surface area contributed by atoms with Crippen molar-refractivity contribution in [2.75, 3.05) is 6.61 Å². The molecule has 0 spiro atoms. The minimum Gasteiger partial charge on any atom is -0.459 e. The average Bonchev–Trinajstić information content (AvgIpc) is 3.02. The molecule has 2 atom stereocenters. The van der Waals surface area contributed by atoms with Crippen LogP contribution in [0, 0.1) is 0 Å². The predicted molar refractivity (Wildman–Crippen MR) is 61.2 cm³/mol. The Labute approximate surface area is 94.7 Å². The Balaban J connectivity index is 1.89. The van der Waals surface area contributed by atoms with Gasteiger partial charge in [-0.3, -0.25) is 0 Å². The zero-order valence-corrected chi connectivity index (χ0v) is 9.18. The van der Waals surface area contributed by atoms with Crippen LogP contribution < -0.4 is 0 Å². The molecule has 1 fully saturated rings. The monoisotopic (exact) mass is 218 g/mol. The first-order chi connectivity index (χ1) is 7.70. The molecule has 1 aliphatic rings. The largest absolute Gasteiger partial charge is 0.459 e. The fraction of sp³-hybridized carbons (Fsp3) is 0.308. The number of ether oxygens (including phenoxy) is 2. The molecule has 0 amide bonds. The molecule has 0 aliphatic carbocycles. The van der Waals surface area contributed by atoms with Gasteiger partial charge >= 0.3 is 5.97 Å². The molecule has 0 bridgehead atoms. The topological polar surface area (TPSA) is 38.8 Å². The number of carbonyl (C=O) groups excluding carboxylic acids is 1. The fourth-order valence-electron chi connectivity index (χ4n) is 1.40. The summed E-state index contributed by atoms with van der Waals surface area (Å²) in [5, 5.41) is 0. The standard InChI is InChI=1S/C13H14O3/c1-3-10-4-6-11(7-5-10)13(14)15-8-12-9(2)16-12/h3-7,9,12H,1,8H2,2H3. The molecule has 2 rings (SSSR count). The van der Waals surface area contributed by atoms with Crippen LogP contribution in [0.5, 0.6) is 0 Å². The van der Waals surface area contributed by atoms with E-state index < -0.39 is 0 Å². The van der Waals surface area contributed by atoms with Crippen molar-refractivity contribution in [1.82, 2.24) is 0 Å². The Morgan fingerprint density at radius 1 is 1.50 bits per heavy atom. The number of hydrogen-bond acceptors (Lipinski definition) is 3. The van der Waals surface area contributed by atoms with Crippen molar-refractivity contribution in [1.29, 1.82) is 0 Å². The number of esters is 1. The smallest absolute Gasteiger partial charge is 0.338 e. The molecule has 84 valence electrons. The van der Waals surface area contributed by atoms with E-state index in [2.05, 4.69) is 6.58 Å². The summed E-state index contributed by atoms with van der Waals surface area (Å²) in [4.78, 5) is 11.6. The van der Waals surface area contributed by atoms with Gasteiger partial charge in [0.05, 0.1) is 11.7 Å². The lowest BCUT2D eigenvalue weighted by atomic mass is 10.1. The summed E-state index contributed by atoms with van der Waals surface area (Å²) in [5.74, 6) is -0.307. The van der Waals surface area contributed by atoms with Crippen molar-refractivity contribution >= 4 is 12.0 Å². The minimum atomic E-state index is -0.307. The lowest BCUT2D eigenvalue weighted by Gasteiger charge is -2.02. The van der Waals surface area contributed by atoms with Gasteiger partial charge in [-0.1, -0.05) is 24.8 Å². The molecule has 3 heteroatoms. The van der Waals surface area contributed by atoms with Gasteiger partial charge in [-0.2, -0.15) is 0 Å². The maximum Gasteiger partial charge on any atom is 0.338 e. The fourth-order valence-corrected chi connectivity index (χ4v) is 1.40. The maximum absolute atomic E-state index is 11.6. The molecule has 0 N–H and O–H groups in total. The van der Waals surface area contributed by atoms with Gasteiger partial charge in [0.25, 0.3) is 0 Å². The molecule has 1 heterocycles. The Morgan fingerprint density at radius 2 is 2.12 bits per heavy atom. The highest BCUT2D eigenvalue weighted by Crippen LogP contribution is 2.21. The van der Waals surface area contributed by atoms with Crippen molar-refractivity contribution in [2.24, 2.45) is 0 Å². The van der Waals surface area contributed by atoms with Crippen LogP contribution in [-0.2, 0) is 9.47 Å². The molecule has 16 heavy (non-hydrogen) atoms. The second-order valence-corrected chi connectivity index (χ2v) is 3.80. The molecule has 1 aromatic rings. The summed E-state index contributed by atoms with van der Waals surface area (Å²) >= 11 is 0. The van der Waals surface area contributed by atoms with E-state index in [4.69, 9.17) is 9.47 Å². The van der Waals surface area contributed by atoms with E-state index in [1.807, 2.05) is 19.1 Å². The number of rotatable bonds is 4. The van der Waals surface area contributed by atoms with Crippen LogP contribution in [0.1, 0.15) is 22.8 Å². The summed E-state index contributed by atoms with van der Waals surface area (Å²) < 4.78 is 10.3. The Morgan fingerprint density at radius 3 is 2.62 bits per heavy atom. The summed E-state index contributed by atoms with van der Waals surface area (Å²) in [5.41, 5.74) is 1.54. The quantitative estimate of drug-likeness (QED) is 0.575. The van der Waals surface area contributed by atoms with Crippen LogP contribution in [0.3, 0.4) is 0 Å². The van der Waals surface area contributed by atoms with Crippen LogP contribution in [-0.4, -0.2) is 24.8 Å². The lowest BCUT2D eigenvalue weighted by Crippen LogP contribution is -2.10. The Bertz CT molecular complexity index is 394. The molecule has 3 nitrogen and oxygen atoms in total. The van der Waals surface area contributed by atoms with Gasteiger partial charge < -0.3 is 9.47 Å². The number of carbonyl (C=O) groups is 1. The van der Waals surface area contributed by atoms with Gasteiger partial charge in [-0.15, -0.1) is 0 Å². The molecule has 0 radical (unpaired) electrons. The van der Waals surface area contributed by atoms with Crippen molar-refractivity contribution in [3.05, 3.63) is 42.0 Å². The first kappa shape index (κ1) is 10.9. The number of epoxide rings is 1. The van der Waals surface area contributed by atoms with Crippen molar-refractivity contribution in [3.8, 4) is 0 Å². The molecule has 2 unspecified atom stereocenters. The molecule has 0 saturated carbocycles. The molecular weight excluding hydrogens is 204 g/mol. The Kier molecular flexibility index (Phi) is 3.06. The van der Waals surface area contributed by atoms with E-state index in [1.165, 1.54) is 0 Å². The third kappa shape index (κ3) is 2.49. The van der Waals surface area contributed by atoms with Crippen LogP contribution >= 0.6 is 0 Å². The third-order valence-electron chi connectivity index (χ3n) is 2.60. The number of hydrogen-bond donors (Lipinski definition) is 0. The second kappa shape index (κ2) is 4.49. The van der Waals surface area contributed by atoms with E-state index in [1.54, 1.807) is 18.2 Å². The van der Waals surface area contributed by atoms with E-state index in [9.17, 15) is 4.79 Å². The molecule has 1 aromatic carbocycles. The van der Waals surface area contributed by atoms with Gasteiger partial charge in [0.15, 0.2) is 0 Å². The van der Waals surface area contributed by atoms with E-state index in [-0.39, 0.29) is 18.2 Å². The molecular formula is C13H14O3. The molecule has 0 aromatic heterocycles. The highest BCUT2D eigenvalue weighted by Gasteiger charge is 2.35. The lowest BCUT2D eigenvalue weighted by molar-refractivity contribution is 0.0476. The van der Waals surface area contributed by atoms with Crippen molar-refractivity contribution in [3.63, 3.8) is 0 Å². The van der Waals surface area contributed by atoms with Crippen LogP contribution in [0.4, 0.5) is 0 Å². The highest BCUT2D eigenvalue weighted by molar-refractivity contribution is 5.89. The number of benzene rings is 1. The first-order valence-electron chi connectivity index (χ1n) is 5.26. The Hall–Kier alpha value is -1.61. The molecule has 1 saturated heterocycles. The van der Waals surface area contributed by atoms with E-state index in [0.29, 0.717) is 12.2 Å². The average molecular weight is 218 g/mol. The van der Waals surface area contributed by atoms with Gasteiger partial charge in [0, 0.05) is 0 Å². The third-order valence-corrected chi connectivity index (χ3v) is 2.60. The SMILES string of the molecule is C=Cc1ccc(C(=O)OCC2OC2C)cc1. The first-order valence-corrected chi connectivity index (χ1v) is 5.26. The van der Waals surface area contributed by atoms with Crippen LogP contribution in [0.25, 0.3) is 6.08 Å². The highest BCUT2D eigenvalue weighted by atomic mass is 16.6. The van der Waals surface area contributed by atoms with Gasteiger partial charge in [0.1, 0.15) is 12.7 Å². The van der Waals surface area contributed by atoms with Crippen molar-refractivity contribution in [2.45, 2.75) is 19.1 Å². The van der Waals surface area contributed by atoms with Gasteiger partial charge in [-0.25, -0.2) is 4.79 Å². The van der Waals surface area contributed by atoms with Crippen LogP contribution in [0.2, 0.25) is 0 Å². The summed E-state index contributed by atoms with van der Waals surface area (Å²) in [6.07, 6.45) is 2.03.